The Hall–Kier alpha value is -2.47. The summed E-state index contributed by atoms with van der Waals surface area (Å²) < 4.78 is 27.8. The number of nitrogens with zero attached hydrogens (tertiary/aromatic N) is 1. The molecule has 0 bridgehead atoms. The first-order chi connectivity index (χ1) is 10.9. The largest absolute Gasteiger partial charge is 0.394 e. The van der Waals surface area contributed by atoms with Crippen LogP contribution in [0.1, 0.15) is 6.92 Å². The number of amides is 2. The smallest absolute Gasteiger partial charge is 0.322 e. The van der Waals surface area contributed by atoms with Crippen molar-refractivity contribution in [3.05, 3.63) is 54.1 Å². The fourth-order valence-corrected chi connectivity index (χ4v) is 2.06. The molecule has 0 aliphatic rings. The minimum atomic E-state index is -0.859. The number of nitrogens with one attached hydrogen (secondary N) is 1. The Kier molecular flexibility index (Phi) is 5.28. The number of carbonyl (C=O) groups excluding carboxylic acids is 1. The van der Waals surface area contributed by atoms with Crippen LogP contribution in [-0.4, -0.2) is 35.7 Å². The lowest BCUT2D eigenvalue weighted by Gasteiger charge is -2.24. The van der Waals surface area contributed by atoms with Gasteiger partial charge >= 0.3 is 6.03 Å². The van der Waals surface area contributed by atoms with Gasteiger partial charge in [0.25, 0.3) is 0 Å². The van der Waals surface area contributed by atoms with Gasteiger partial charge in [-0.15, -0.1) is 0 Å². The van der Waals surface area contributed by atoms with Crippen molar-refractivity contribution in [2.45, 2.75) is 13.0 Å². The van der Waals surface area contributed by atoms with Gasteiger partial charge in [0.2, 0.25) is 0 Å². The van der Waals surface area contributed by atoms with Crippen LogP contribution in [0, 0.1) is 11.6 Å². The third-order valence-electron chi connectivity index (χ3n) is 3.62. The van der Waals surface area contributed by atoms with Crippen molar-refractivity contribution in [2.24, 2.45) is 0 Å². The molecule has 0 fully saturated rings. The quantitative estimate of drug-likeness (QED) is 0.906. The summed E-state index contributed by atoms with van der Waals surface area (Å²) in [7, 11) is 1.49. The summed E-state index contributed by atoms with van der Waals surface area (Å²) in [6, 6.07) is 9.53. The Labute approximate surface area is 133 Å². The van der Waals surface area contributed by atoms with E-state index in [1.807, 2.05) is 0 Å². The molecule has 2 aromatic rings. The molecule has 4 nitrogen and oxygen atoms in total. The van der Waals surface area contributed by atoms with Crippen LogP contribution in [0.15, 0.2) is 42.5 Å². The SMILES string of the molecule is CC(CO)N(C)C(=O)Nc1c(F)cc(F)cc1-c1ccccc1. The standard InChI is InChI=1S/C17H18F2N2O2/c1-11(10-22)21(2)17(23)20-16-14(8-13(18)9-15(16)19)12-6-4-3-5-7-12/h3-9,11,22H,10H2,1-2H3,(H,20,23). The van der Waals surface area contributed by atoms with Gasteiger partial charge in [-0.25, -0.2) is 13.6 Å². The third-order valence-corrected chi connectivity index (χ3v) is 3.62. The van der Waals surface area contributed by atoms with Gasteiger partial charge in [0, 0.05) is 18.7 Å². The van der Waals surface area contributed by atoms with Crippen LogP contribution in [-0.2, 0) is 0 Å². The van der Waals surface area contributed by atoms with E-state index in [0.717, 1.165) is 6.07 Å². The molecule has 1 atom stereocenters. The van der Waals surface area contributed by atoms with E-state index < -0.39 is 23.7 Å². The molecule has 2 rings (SSSR count). The normalized spacial score (nSPS) is 11.9. The van der Waals surface area contributed by atoms with Crippen LogP contribution in [0.25, 0.3) is 11.1 Å². The van der Waals surface area contributed by atoms with Gasteiger partial charge in [-0.2, -0.15) is 0 Å². The number of anilines is 1. The lowest BCUT2D eigenvalue weighted by atomic mass is 10.0. The fraction of sp³-hybridized carbons (Fsp3) is 0.235. The monoisotopic (exact) mass is 320 g/mol. The Balaban J connectivity index is 2.40. The summed E-state index contributed by atoms with van der Waals surface area (Å²) >= 11 is 0. The van der Waals surface area contributed by atoms with Crippen molar-refractivity contribution in [1.82, 2.24) is 4.90 Å². The molecule has 0 aromatic heterocycles. The van der Waals surface area contributed by atoms with Crippen LogP contribution in [0.3, 0.4) is 0 Å². The number of benzene rings is 2. The maximum atomic E-state index is 14.2. The number of aliphatic hydroxyl groups is 1. The van der Waals surface area contributed by atoms with Crippen LogP contribution in [0.5, 0.6) is 0 Å². The summed E-state index contributed by atoms with van der Waals surface area (Å²) in [4.78, 5) is 13.4. The summed E-state index contributed by atoms with van der Waals surface area (Å²) in [6.07, 6.45) is 0. The highest BCUT2D eigenvalue weighted by Gasteiger charge is 2.20. The Morgan fingerprint density at radius 3 is 2.52 bits per heavy atom. The fourth-order valence-electron chi connectivity index (χ4n) is 2.06. The molecular weight excluding hydrogens is 302 g/mol. The zero-order valence-corrected chi connectivity index (χ0v) is 12.9. The molecule has 6 heteroatoms. The van der Waals surface area contributed by atoms with E-state index in [4.69, 9.17) is 5.11 Å². The van der Waals surface area contributed by atoms with E-state index >= 15 is 0 Å². The van der Waals surface area contributed by atoms with Gasteiger partial charge in [-0.3, -0.25) is 0 Å². The number of urea groups is 1. The lowest BCUT2D eigenvalue weighted by Crippen LogP contribution is -2.40. The average Bonchev–Trinajstić information content (AvgIpc) is 2.56. The zero-order valence-electron chi connectivity index (χ0n) is 12.9. The molecule has 0 aliphatic heterocycles. The van der Waals surface area contributed by atoms with Gasteiger partial charge in [0.1, 0.15) is 11.6 Å². The van der Waals surface area contributed by atoms with Crippen molar-refractivity contribution in [3.8, 4) is 11.1 Å². The Bertz CT molecular complexity index is 692. The second kappa shape index (κ2) is 7.19. The topological polar surface area (TPSA) is 52.6 Å². The molecule has 0 aliphatic carbocycles. The Morgan fingerprint density at radius 2 is 1.91 bits per heavy atom. The molecule has 0 saturated heterocycles. The van der Waals surface area contributed by atoms with Crippen molar-refractivity contribution < 1.29 is 18.7 Å². The van der Waals surface area contributed by atoms with Crippen molar-refractivity contribution in [1.29, 1.82) is 0 Å². The van der Waals surface area contributed by atoms with E-state index in [2.05, 4.69) is 5.32 Å². The van der Waals surface area contributed by atoms with Crippen LogP contribution < -0.4 is 5.32 Å². The lowest BCUT2D eigenvalue weighted by molar-refractivity contribution is 0.166. The minimum absolute atomic E-state index is 0.0976. The summed E-state index contributed by atoms with van der Waals surface area (Å²) in [5.41, 5.74) is 0.736. The zero-order chi connectivity index (χ0) is 17.0. The number of halogens is 2. The molecule has 122 valence electrons. The number of carbonyl (C=O) groups is 1. The van der Waals surface area contributed by atoms with E-state index in [0.29, 0.717) is 5.56 Å². The highest BCUT2D eigenvalue weighted by Crippen LogP contribution is 2.31. The number of hydrogen-bond donors (Lipinski definition) is 2. The summed E-state index contributed by atoms with van der Waals surface area (Å²) in [5.74, 6) is -1.58. The first kappa shape index (κ1) is 16.9. The van der Waals surface area contributed by atoms with E-state index in [1.165, 1.54) is 18.0 Å². The third kappa shape index (κ3) is 3.84. The summed E-state index contributed by atoms with van der Waals surface area (Å²) in [6.45, 7) is 1.43. The number of hydrogen-bond acceptors (Lipinski definition) is 2. The van der Waals surface area contributed by atoms with Crippen molar-refractivity contribution in [3.63, 3.8) is 0 Å². The van der Waals surface area contributed by atoms with Gasteiger partial charge in [0.15, 0.2) is 0 Å². The van der Waals surface area contributed by atoms with Crippen LogP contribution in [0.4, 0.5) is 19.3 Å². The maximum absolute atomic E-state index is 14.2. The molecule has 0 saturated carbocycles. The van der Waals surface area contributed by atoms with E-state index in [1.54, 1.807) is 37.3 Å². The van der Waals surface area contributed by atoms with Gasteiger partial charge in [-0.1, -0.05) is 30.3 Å². The second-order valence-corrected chi connectivity index (χ2v) is 5.25. The molecule has 1 unspecified atom stereocenters. The molecule has 23 heavy (non-hydrogen) atoms. The highest BCUT2D eigenvalue weighted by molar-refractivity contribution is 5.94. The van der Waals surface area contributed by atoms with Gasteiger partial charge in [-0.05, 0) is 18.6 Å². The maximum Gasteiger partial charge on any atom is 0.322 e. The average molecular weight is 320 g/mol. The predicted octanol–water partition coefficient (Wildman–Crippen LogP) is 3.48. The molecule has 0 heterocycles. The predicted molar refractivity (Wildman–Crippen MR) is 85.1 cm³/mol. The number of likely N-dealkylation sites (N-methyl/N-ethyl adjacent to an activating group) is 1. The molecular formula is C17H18F2N2O2. The first-order valence-electron chi connectivity index (χ1n) is 7.13. The molecule has 0 spiro atoms. The first-order valence-corrected chi connectivity index (χ1v) is 7.13. The second-order valence-electron chi connectivity index (χ2n) is 5.25. The van der Waals surface area contributed by atoms with Gasteiger partial charge in [0.05, 0.1) is 18.3 Å². The molecule has 2 N–H and O–H groups in total. The molecule has 2 aromatic carbocycles. The van der Waals surface area contributed by atoms with Crippen LogP contribution >= 0.6 is 0 Å². The number of aliphatic hydroxyl groups excluding tert-OH is 1. The van der Waals surface area contributed by atoms with Crippen molar-refractivity contribution >= 4 is 11.7 Å². The highest BCUT2D eigenvalue weighted by atomic mass is 19.1. The summed E-state index contributed by atoms with van der Waals surface area (Å²) in [5, 5.41) is 11.6. The van der Waals surface area contributed by atoms with E-state index in [9.17, 15) is 13.6 Å². The van der Waals surface area contributed by atoms with Gasteiger partial charge < -0.3 is 15.3 Å². The molecule has 0 radical (unpaired) electrons. The van der Waals surface area contributed by atoms with E-state index in [-0.39, 0.29) is 17.9 Å². The molecule has 2 amide bonds. The minimum Gasteiger partial charge on any atom is -0.394 e. The number of rotatable bonds is 4. The van der Waals surface area contributed by atoms with Crippen molar-refractivity contribution in [2.75, 3.05) is 19.0 Å². The van der Waals surface area contributed by atoms with Crippen LogP contribution in [0.2, 0.25) is 0 Å². The Morgan fingerprint density at radius 1 is 1.26 bits per heavy atom.